The zero-order valence-corrected chi connectivity index (χ0v) is 24.9. The number of aliphatic hydroxyl groups is 2. The van der Waals surface area contributed by atoms with Crippen LogP contribution < -0.4 is 0 Å². The van der Waals surface area contributed by atoms with Gasteiger partial charge in [-0.15, -0.1) is 0 Å². The first-order chi connectivity index (χ1) is 20.6. The number of rotatable bonds is 8. The molecule has 0 aliphatic heterocycles. The van der Waals surface area contributed by atoms with Crippen LogP contribution in [-0.4, -0.2) is 22.4 Å². The van der Waals surface area contributed by atoms with Gasteiger partial charge in [0, 0.05) is 23.7 Å². The minimum absolute atomic E-state index is 0.124. The van der Waals surface area contributed by atoms with Crippen molar-refractivity contribution in [2.45, 2.75) is 81.3 Å². The van der Waals surface area contributed by atoms with Gasteiger partial charge in [-0.05, 0) is 65.7 Å². The van der Waals surface area contributed by atoms with Gasteiger partial charge in [0.05, 0.1) is 12.2 Å². The van der Waals surface area contributed by atoms with Crippen molar-refractivity contribution in [3.8, 4) is 0 Å². The molecule has 0 bridgehead atoms. The van der Waals surface area contributed by atoms with E-state index in [1.807, 2.05) is 0 Å². The lowest BCUT2D eigenvalue weighted by molar-refractivity contribution is 0.00314. The molecule has 0 spiro atoms. The highest BCUT2D eigenvalue weighted by atomic mass is 16.3. The maximum Gasteiger partial charge on any atom is 0.0677 e. The summed E-state index contributed by atoms with van der Waals surface area (Å²) in [5, 5.41) is 23.7. The van der Waals surface area contributed by atoms with Crippen molar-refractivity contribution in [1.82, 2.24) is 0 Å². The molecule has 2 aliphatic rings. The molecule has 2 saturated carbocycles. The first-order valence-electron chi connectivity index (χ1n) is 16.2. The molecule has 2 aliphatic carbocycles. The molecule has 42 heavy (non-hydrogen) atoms. The molecule has 4 unspecified atom stereocenters. The molecule has 2 nitrogen and oxygen atoms in total. The van der Waals surface area contributed by atoms with Gasteiger partial charge in [0.15, 0.2) is 0 Å². The third kappa shape index (κ3) is 6.12. The quantitative estimate of drug-likeness (QED) is 0.226. The van der Waals surface area contributed by atoms with Crippen molar-refractivity contribution in [1.29, 1.82) is 0 Å². The molecule has 2 fully saturated rings. The zero-order valence-electron chi connectivity index (χ0n) is 24.9. The predicted molar refractivity (Wildman–Crippen MR) is 173 cm³/mol. The van der Waals surface area contributed by atoms with Gasteiger partial charge < -0.3 is 10.2 Å². The maximum absolute atomic E-state index is 11.9. The Balaban J connectivity index is 1.37. The Morgan fingerprint density at radius 3 is 0.976 bits per heavy atom. The van der Waals surface area contributed by atoms with Gasteiger partial charge >= 0.3 is 0 Å². The number of hydrogen-bond donors (Lipinski definition) is 2. The zero-order chi connectivity index (χ0) is 28.9. The van der Waals surface area contributed by atoms with Crippen LogP contribution in [0.15, 0.2) is 121 Å². The first kappa shape index (κ1) is 28.9. The van der Waals surface area contributed by atoms with E-state index in [2.05, 4.69) is 128 Å². The standard InChI is InChI=1S/C40H46O2/c1-2-15-34(32-24-35(28-16-7-3-8-17-28)39(41)36(25-32)29-18-9-4-10-19-29)33-26-37(30-20-11-5-12-21-30)40(42)38(27-33)31-22-13-6-14-23-31/h3-14,16-23,32-42H,2,15,24-27H2,1H3. The fraction of sp³-hybridized carbons (Fsp3) is 0.400. The van der Waals surface area contributed by atoms with E-state index in [-0.39, 0.29) is 23.7 Å². The second-order valence-electron chi connectivity index (χ2n) is 13.0. The minimum Gasteiger partial charge on any atom is -0.392 e. The van der Waals surface area contributed by atoms with Crippen molar-refractivity contribution >= 4 is 0 Å². The van der Waals surface area contributed by atoms with Crippen molar-refractivity contribution in [3.63, 3.8) is 0 Å². The van der Waals surface area contributed by atoms with E-state index in [4.69, 9.17) is 0 Å². The topological polar surface area (TPSA) is 40.5 Å². The van der Waals surface area contributed by atoms with E-state index in [0.29, 0.717) is 17.8 Å². The van der Waals surface area contributed by atoms with E-state index < -0.39 is 12.2 Å². The molecule has 0 aromatic heterocycles. The molecule has 4 atom stereocenters. The highest BCUT2D eigenvalue weighted by Gasteiger charge is 2.46. The van der Waals surface area contributed by atoms with E-state index in [1.54, 1.807) is 0 Å². The summed E-state index contributed by atoms with van der Waals surface area (Å²) in [5.41, 5.74) is 5.03. The molecule has 2 heteroatoms. The third-order valence-corrected chi connectivity index (χ3v) is 10.6. The Labute approximate surface area is 252 Å². The van der Waals surface area contributed by atoms with Gasteiger partial charge in [0.25, 0.3) is 0 Å². The largest absolute Gasteiger partial charge is 0.392 e. The number of aliphatic hydroxyl groups excluding tert-OH is 2. The molecule has 0 saturated heterocycles. The summed E-state index contributed by atoms with van der Waals surface area (Å²) in [6.45, 7) is 2.33. The van der Waals surface area contributed by atoms with Gasteiger partial charge in [0.1, 0.15) is 0 Å². The lowest BCUT2D eigenvalue weighted by atomic mass is 9.58. The molecular formula is C40H46O2. The molecule has 218 valence electrons. The molecule has 0 heterocycles. The van der Waals surface area contributed by atoms with Gasteiger partial charge in [-0.1, -0.05) is 141 Å². The fourth-order valence-electron chi connectivity index (χ4n) is 8.64. The number of hydrogen-bond acceptors (Lipinski definition) is 2. The predicted octanol–water partition coefficient (Wildman–Crippen LogP) is 9.08. The summed E-state index contributed by atoms with van der Waals surface area (Å²) >= 11 is 0. The summed E-state index contributed by atoms with van der Waals surface area (Å²) in [4.78, 5) is 0. The number of benzene rings is 4. The van der Waals surface area contributed by atoms with E-state index in [0.717, 1.165) is 32.1 Å². The highest BCUT2D eigenvalue weighted by molar-refractivity contribution is 5.30. The Kier molecular flexibility index (Phi) is 9.22. The smallest absolute Gasteiger partial charge is 0.0677 e. The van der Waals surface area contributed by atoms with E-state index in [1.165, 1.54) is 28.7 Å². The maximum atomic E-state index is 11.9. The van der Waals surface area contributed by atoms with Gasteiger partial charge in [-0.3, -0.25) is 0 Å². The molecular weight excluding hydrogens is 512 g/mol. The Morgan fingerprint density at radius 2 is 0.738 bits per heavy atom. The van der Waals surface area contributed by atoms with Crippen LogP contribution in [0.2, 0.25) is 0 Å². The highest BCUT2D eigenvalue weighted by Crippen LogP contribution is 2.54. The van der Waals surface area contributed by atoms with Crippen LogP contribution in [0.1, 0.15) is 91.4 Å². The molecule has 0 amide bonds. The van der Waals surface area contributed by atoms with Crippen molar-refractivity contribution in [2.24, 2.45) is 17.8 Å². The Hall–Kier alpha value is -3.20. The summed E-state index contributed by atoms with van der Waals surface area (Å²) in [7, 11) is 0. The monoisotopic (exact) mass is 558 g/mol. The van der Waals surface area contributed by atoms with Gasteiger partial charge in [-0.25, -0.2) is 0 Å². The third-order valence-electron chi connectivity index (χ3n) is 10.6. The van der Waals surface area contributed by atoms with E-state index in [9.17, 15) is 10.2 Å². The van der Waals surface area contributed by atoms with Crippen LogP contribution in [0.25, 0.3) is 0 Å². The summed E-state index contributed by atoms with van der Waals surface area (Å²) in [5.74, 6) is 2.06. The lowest BCUT2D eigenvalue weighted by Crippen LogP contribution is -2.42. The molecule has 6 rings (SSSR count). The average molecular weight is 559 g/mol. The Morgan fingerprint density at radius 1 is 0.476 bits per heavy atom. The summed E-state index contributed by atoms with van der Waals surface area (Å²) in [6.07, 6.45) is 5.63. The summed E-state index contributed by atoms with van der Waals surface area (Å²) < 4.78 is 0. The lowest BCUT2D eigenvalue weighted by Gasteiger charge is -2.48. The van der Waals surface area contributed by atoms with E-state index >= 15 is 0 Å². The van der Waals surface area contributed by atoms with Crippen LogP contribution >= 0.6 is 0 Å². The van der Waals surface area contributed by atoms with Crippen LogP contribution in [-0.2, 0) is 0 Å². The average Bonchev–Trinajstić information content (AvgIpc) is 3.06. The molecule has 4 aromatic carbocycles. The van der Waals surface area contributed by atoms with Crippen LogP contribution in [0.3, 0.4) is 0 Å². The second-order valence-corrected chi connectivity index (χ2v) is 13.0. The first-order valence-corrected chi connectivity index (χ1v) is 16.2. The Bertz CT molecular complexity index is 1150. The van der Waals surface area contributed by atoms with Gasteiger partial charge in [-0.2, -0.15) is 0 Å². The van der Waals surface area contributed by atoms with Crippen LogP contribution in [0.4, 0.5) is 0 Å². The molecule has 4 aromatic rings. The second kappa shape index (κ2) is 13.4. The van der Waals surface area contributed by atoms with Crippen molar-refractivity contribution in [2.75, 3.05) is 0 Å². The van der Waals surface area contributed by atoms with Crippen LogP contribution in [0, 0.1) is 17.8 Å². The van der Waals surface area contributed by atoms with Crippen LogP contribution in [0.5, 0.6) is 0 Å². The normalized spacial score (nSPS) is 30.5. The fourth-order valence-corrected chi connectivity index (χ4v) is 8.64. The molecule has 2 N–H and O–H groups in total. The summed E-state index contributed by atoms with van der Waals surface area (Å²) in [6, 6.07) is 42.9. The SMILES string of the molecule is CCCC(C1CC(c2ccccc2)C(O)C(c2ccccc2)C1)C1CC(c2ccccc2)C(O)C(c2ccccc2)C1. The van der Waals surface area contributed by atoms with Crippen molar-refractivity contribution in [3.05, 3.63) is 144 Å². The minimum atomic E-state index is -0.393. The molecule has 0 radical (unpaired) electrons. The van der Waals surface area contributed by atoms with Gasteiger partial charge in [0.2, 0.25) is 0 Å². The van der Waals surface area contributed by atoms with Crippen molar-refractivity contribution < 1.29 is 10.2 Å².